The third-order valence-corrected chi connectivity index (χ3v) is 4.39. The second kappa shape index (κ2) is 6.22. The van der Waals surface area contributed by atoms with Gasteiger partial charge in [0.1, 0.15) is 35.2 Å². The molecule has 0 spiro atoms. The fourth-order valence-electron chi connectivity index (χ4n) is 3.32. The summed E-state index contributed by atoms with van der Waals surface area (Å²) in [5.41, 5.74) is 1.85. The molecule has 0 fully saturated rings. The molecule has 0 unspecified atom stereocenters. The van der Waals surface area contributed by atoms with E-state index < -0.39 is 12.2 Å². The number of ether oxygens (including phenoxy) is 4. The highest BCUT2D eigenvalue weighted by Crippen LogP contribution is 2.53. The second-order valence-electron chi connectivity index (χ2n) is 5.40. The largest absolute Gasteiger partial charge is 0.496 e. The molecule has 0 amide bonds. The van der Waals surface area contributed by atoms with E-state index in [9.17, 15) is 10.2 Å². The van der Waals surface area contributed by atoms with Crippen molar-refractivity contribution in [1.82, 2.24) is 0 Å². The predicted molar refractivity (Wildman–Crippen MR) is 87.2 cm³/mol. The van der Waals surface area contributed by atoms with Gasteiger partial charge in [-0.2, -0.15) is 0 Å². The summed E-state index contributed by atoms with van der Waals surface area (Å²) in [6, 6.07) is 6.80. The summed E-state index contributed by atoms with van der Waals surface area (Å²) in [4.78, 5) is 0. The zero-order chi connectivity index (χ0) is 17.4. The van der Waals surface area contributed by atoms with Crippen molar-refractivity contribution in [1.29, 1.82) is 0 Å². The lowest BCUT2D eigenvalue weighted by Gasteiger charge is -2.33. The first-order chi connectivity index (χ1) is 11.6. The molecule has 2 aromatic rings. The van der Waals surface area contributed by atoms with E-state index in [1.165, 1.54) is 28.4 Å². The molecule has 1 aliphatic rings. The van der Waals surface area contributed by atoms with Crippen LogP contribution in [0.2, 0.25) is 0 Å². The van der Waals surface area contributed by atoms with Gasteiger partial charge in [-0.25, -0.2) is 0 Å². The number of aliphatic hydroxyl groups excluding tert-OH is 2. The average Bonchev–Trinajstić information content (AvgIpc) is 2.63. The molecule has 24 heavy (non-hydrogen) atoms. The SMILES string of the molecule is COc1ccc(OC)c2c1C(O)c1c(OC)ccc(OC)c1C2O. The van der Waals surface area contributed by atoms with Crippen molar-refractivity contribution >= 4 is 0 Å². The van der Waals surface area contributed by atoms with Gasteiger partial charge in [0.15, 0.2) is 0 Å². The first-order valence-electron chi connectivity index (χ1n) is 7.44. The van der Waals surface area contributed by atoms with E-state index >= 15 is 0 Å². The Hall–Kier alpha value is -2.44. The van der Waals surface area contributed by atoms with Gasteiger partial charge in [-0.3, -0.25) is 0 Å². The van der Waals surface area contributed by atoms with Crippen molar-refractivity contribution in [3.05, 3.63) is 46.5 Å². The smallest absolute Gasteiger partial charge is 0.125 e. The molecule has 3 rings (SSSR count). The highest BCUT2D eigenvalue weighted by atomic mass is 16.5. The van der Waals surface area contributed by atoms with E-state index in [2.05, 4.69) is 0 Å². The molecule has 1 aliphatic carbocycles. The first-order valence-corrected chi connectivity index (χ1v) is 7.44. The minimum absolute atomic E-state index is 0.461. The van der Waals surface area contributed by atoms with Gasteiger partial charge in [-0.1, -0.05) is 0 Å². The molecule has 0 atom stereocenters. The van der Waals surface area contributed by atoms with E-state index in [0.29, 0.717) is 45.3 Å². The lowest BCUT2D eigenvalue weighted by molar-refractivity contribution is 0.159. The molecule has 128 valence electrons. The monoisotopic (exact) mass is 332 g/mol. The zero-order valence-corrected chi connectivity index (χ0v) is 14.0. The quantitative estimate of drug-likeness (QED) is 0.894. The average molecular weight is 332 g/mol. The number of hydrogen-bond donors (Lipinski definition) is 2. The van der Waals surface area contributed by atoms with Crippen LogP contribution >= 0.6 is 0 Å². The molecule has 2 N–H and O–H groups in total. The highest BCUT2D eigenvalue weighted by Gasteiger charge is 2.39. The van der Waals surface area contributed by atoms with Gasteiger partial charge in [0.05, 0.1) is 28.4 Å². The van der Waals surface area contributed by atoms with E-state index in [0.717, 1.165) is 0 Å². The normalized spacial score (nSPS) is 18.4. The van der Waals surface area contributed by atoms with Gasteiger partial charge in [0.2, 0.25) is 0 Å². The molecule has 2 aromatic carbocycles. The molecule has 0 saturated heterocycles. The maximum absolute atomic E-state index is 11.0. The summed E-state index contributed by atoms with van der Waals surface area (Å²) < 4.78 is 21.5. The summed E-state index contributed by atoms with van der Waals surface area (Å²) >= 11 is 0. The van der Waals surface area contributed by atoms with Crippen molar-refractivity contribution in [2.75, 3.05) is 28.4 Å². The molecule has 6 heteroatoms. The fourth-order valence-corrected chi connectivity index (χ4v) is 3.32. The second-order valence-corrected chi connectivity index (χ2v) is 5.40. The number of rotatable bonds is 4. The van der Waals surface area contributed by atoms with Crippen LogP contribution in [0, 0.1) is 0 Å². The Labute approximate surface area is 140 Å². The molecule has 0 saturated carbocycles. The van der Waals surface area contributed by atoms with Crippen molar-refractivity contribution in [3.63, 3.8) is 0 Å². The van der Waals surface area contributed by atoms with Crippen LogP contribution in [-0.2, 0) is 0 Å². The Morgan fingerprint density at radius 1 is 0.542 bits per heavy atom. The lowest BCUT2D eigenvalue weighted by atomic mass is 9.80. The van der Waals surface area contributed by atoms with Crippen molar-refractivity contribution in [2.45, 2.75) is 12.2 Å². The minimum atomic E-state index is -1.05. The number of benzene rings is 2. The van der Waals surface area contributed by atoms with E-state index in [-0.39, 0.29) is 0 Å². The molecular formula is C18H20O6. The molecule has 0 aromatic heterocycles. The Morgan fingerprint density at radius 3 is 0.917 bits per heavy atom. The van der Waals surface area contributed by atoms with Gasteiger partial charge >= 0.3 is 0 Å². The lowest BCUT2D eigenvalue weighted by Crippen LogP contribution is -2.21. The van der Waals surface area contributed by atoms with Gasteiger partial charge in [-0.15, -0.1) is 0 Å². The number of aliphatic hydroxyl groups is 2. The topological polar surface area (TPSA) is 77.4 Å². The molecule has 0 radical (unpaired) electrons. The van der Waals surface area contributed by atoms with Crippen molar-refractivity contribution in [3.8, 4) is 23.0 Å². The Morgan fingerprint density at radius 2 is 0.750 bits per heavy atom. The van der Waals surface area contributed by atoms with Crippen LogP contribution < -0.4 is 18.9 Å². The third kappa shape index (κ3) is 2.18. The van der Waals surface area contributed by atoms with Gasteiger partial charge < -0.3 is 29.2 Å². The molecular weight excluding hydrogens is 312 g/mol. The van der Waals surface area contributed by atoms with Gasteiger partial charge in [0, 0.05) is 22.3 Å². The maximum Gasteiger partial charge on any atom is 0.125 e. The standard InChI is InChI=1S/C18H20O6/c1-21-9-5-6-10(22-2)14-13(9)17(19)15-11(23-3)7-8-12(24-4)16(15)18(14)20/h5-8,17-20H,1-4H3. The molecule has 0 bridgehead atoms. The van der Waals surface area contributed by atoms with E-state index in [1.54, 1.807) is 24.3 Å². The number of methoxy groups -OCH3 is 4. The van der Waals surface area contributed by atoms with Crippen LogP contribution in [0.5, 0.6) is 23.0 Å². The van der Waals surface area contributed by atoms with Crippen LogP contribution in [0.3, 0.4) is 0 Å². The van der Waals surface area contributed by atoms with Crippen molar-refractivity contribution in [2.24, 2.45) is 0 Å². The van der Waals surface area contributed by atoms with Crippen LogP contribution in [0.1, 0.15) is 34.5 Å². The van der Waals surface area contributed by atoms with Gasteiger partial charge in [0.25, 0.3) is 0 Å². The molecule has 0 aliphatic heterocycles. The summed E-state index contributed by atoms with van der Waals surface area (Å²) in [6.07, 6.45) is -2.10. The van der Waals surface area contributed by atoms with Crippen LogP contribution in [-0.4, -0.2) is 38.7 Å². The summed E-state index contributed by atoms with van der Waals surface area (Å²) in [5, 5.41) is 22.0. The maximum atomic E-state index is 11.0. The predicted octanol–water partition coefficient (Wildman–Crippen LogP) is 2.20. The Kier molecular flexibility index (Phi) is 4.26. The van der Waals surface area contributed by atoms with Crippen LogP contribution in [0.4, 0.5) is 0 Å². The van der Waals surface area contributed by atoms with Crippen LogP contribution in [0.15, 0.2) is 24.3 Å². The third-order valence-electron chi connectivity index (χ3n) is 4.39. The number of hydrogen-bond acceptors (Lipinski definition) is 6. The van der Waals surface area contributed by atoms with Gasteiger partial charge in [-0.05, 0) is 24.3 Å². The fraction of sp³-hybridized carbons (Fsp3) is 0.333. The van der Waals surface area contributed by atoms with Crippen molar-refractivity contribution < 1.29 is 29.2 Å². The van der Waals surface area contributed by atoms with E-state index in [4.69, 9.17) is 18.9 Å². The highest BCUT2D eigenvalue weighted by molar-refractivity contribution is 5.65. The number of fused-ring (bicyclic) bond motifs is 2. The van der Waals surface area contributed by atoms with E-state index in [1.807, 2.05) is 0 Å². The minimum Gasteiger partial charge on any atom is -0.496 e. The summed E-state index contributed by atoms with van der Waals surface area (Å²) in [7, 11) is 6.05. The molecule has 6 nitrogen and oxygen atoms in total. The summed E-state index contributed by atoms with van der Waals surface area (Å²) in [5.74, 6) is 1.86. The molecule has 0 heterocycles. The van der Waals surface area contributed by atoms with Crippen LogP contribution in [0.25, 0.3) is 0 Å². The zero-order valence-electron chi connectivity index (χ0n) is 14.0. The summed E-state index contributed by atoms with van der Waals surface area (Å²) in [6.45, 7) is 0. The Balaban J connectivity index is 2.37. The Bertz CT molecular complexity index is 643. The first kappa shape index (κ1) is 16.4.